The number of nitrogens with zero attached hydrogens (tertiary/aromatic N) is 5. The zero-order chi connectivity index (χ0) is 18.2. The molecule has 0 N–H and O–H groups in total. The van der Waals surface area contributed by atoms with E-state index in [-0.39, 0.29) is 11.8 Å². The van der Waals surface area contributed by atoms with Crippen LogP contribution in [0.15, 0.2) is 39.4 Å². The van der Waals surface area contributed by atoms with E-state index in [0.29, 0.717) is 23.9 Å². The van der Waals surface area contributed by atoms with Crippen LogP contribution in [-0.2, 0) is 0 Å². The summed E-state index contributed by atoms with van der Waals surface area (Å²) in [5.41, 5.74) is 3.16. The third-order valence-corrected chi connectivity index (χ3v) is 6.01. The second kappa shape index (κ2) is 6.82. The Balaban J connectivity index is 1.35. The van der Waals surface area contributed by atoms with Crippen molar-refractivity contribution in [2.24, 2.45) is 0 Å². The quantitative estimate of drug-likeness (QED) is 0.522. The molecule has 0 radical (unpaired) electrons. The average Bonchev–Trinajstić information content (AvgIpc) is 3.47. The Morgan fingerprint density at radius 2 is 2.11 bits per heavy atom. The third-order valence-electron chi connectivity index (χ3n) is 4.77. The monoisotopic (exact) mass is 397 g/mol. The lowest BCUT2D eigenvalue weighted by Crippen LogP contribution is -2.39. The number of amides is 1. The van der Waals surface area contributed by atoms with Gasteiger partial charge in [-0.1, -0.05) is 0 Å². The van der Waals surface area contributed by atoms with Crippen molar-refractivity contribution < 1.29 is 9.21 Å². The molecule has 9 heteroatoms. The molecule has 1 amide bonds. The topological polar surface area (TPSA) is 85.0 Å². The summed E-state index contributed by atoms with van der Waals surface area (Å²) >= 11 is 2.75. The Kier molecular flexibility index (Phi) is 4.17. The average molecular weight is 397 g/mol. The first-order valence-corrected chi connectivity index (χ1v) is 10.3. The maximum atomic E-state index is 13.0. The molecule has 4 aromatic rings. The van der Waals surface area contributed by atoms with Crippen LogP contribution in [0.5, 0.6) is 0 Å². The Labute approximate surface area is 163 Å². The summed E-state index contributed by atoms with van der Waals surface area (Å²) in [7, 11) is 0. The predicted molar refractivity (Wildman–Crippen MR) is 103 cm³/mol. The first-order valence-electron chi connectivity index (χ1n) is 8.65. The van der Waals surface area contributed by atoms with Crippen molar-refractivity contribution in [2.45, 2.75) is 18.8 Å². The molecule has 0 aliphatic carbocycles. The Morgan fingerprint density at radius 3 is 3.00 bits per heavy atom. The molecule has 1 saturated heterocycles. The van der Waals surface area contributed by atoms with Gasteiger partial charge in [-0.25, -0.2) is 0 Å². The molecular formula is C18H15N5O2S2. The zero-order valence-electron chi connectivity index (χ0n) is 14.2. The highest BCUT2D eigenvalue weighted by molar-refractivity contribution is 7.08. The fraction of sp³-hybridized carbons (Fsp3) is 0.278. The van der Waals surface area contributed by atoms with Crippen molar-refractivity contribution in [1.82, 2.24) is 23.8 Å². The molecule has 4 heterocycles. The lowest BCUT2D eigenvalue weighted by molar-refractivity contribution is 0.0698. The Morgan fingerprint density at radius 1 is 1.19 bits per heavy atom. The minimum Gasteiger partial charge on any atom is -0.420 e. The zero-order valence-corrected chi connectivity index (χ0v) is 15.9. The van der Waals surface area contributed by atoms with E-state index in [9.17, 15) is 4.79 Å². The van der Waals surface area contributed by atoms with Gasteiger partial charge in [0.25, 0.3) is 5.91 Å². The summed E-state index contributed by atoms with van der Waals surface area (Å²) in [6, 6.07) is 7.43. The van der Waals surface area contributed by atoms with Gasteiger partial charge in [0.05, 0.1) is 17.6 Å². The molecule has 27 heavy (non-hydrogen) atoms. The van der Waals surface area contributed by atoms with Crippen molar-refractivity contribution in [2.75, 3.05) is 13.1 Å². The summed E-state index contributed by atoms with van der Waals surface area (Å²) in [4.78, 5) is 14.8. The SMILES string of the molecule is O=C(c1ccc2nsnc2c1)N1CCC[C@@H](c2nnc(-c3ccsc3)o2)C1. The molecule has 1 aromatic carbocycles. The predicted octanol–water partition coefficient (Wildman–Crippen LogP) is 3.82. The van der Waals surface area contributed by atoms with Crippen molar-refractivity contribution in [3.05, 3.63) is 46.5 Å². The molecule has 7 nitrogen and oxygen atoms in total. The molecule has 136 valence electrons. The molecule has 0 unspecified atom stereocenters. The van der Waals surface area contributed by atoms with Crippen LogP contribution in [0.2, 0.25) is 0 Å². The number of piperidine rings is 1. The number of fused-ring (bicyclic) bond motifs is 1. The highest BCUT2D eigenvalue weighted by atomic mass is 32.1. The van der Waals surface area contributed by atoms with E-state index in [1.165, 1.54) is 0 Å². The minimum atomic E-state index is 0.00664. The lowest BCUT2D eigenvalue weighted by atomic mass is 9.97. The number of benzene rings is 1. The molecule has 1 aliphatic heterocycles. The number of carbonyl (C=O) groups is 1. The van der Waals surface area contributed by atoms with Gasteiger partial charge in [0, 0.05) is 29.6 Å². The van der Waals surface area contributed by atoms with Gasteiger partial charge in [-0.2, -0.15) is 20.1 Å². The number of thiophene rings is 1. The first kappa shape index (κ1) is 16.5. The minimum absolute atomic E-state index is 0.00664. The van der Waals surface area contributed by atoms with Gasteiger partial charge in [-0.3, -0.25) is 4.79 Å². The Hall–Kier alpha value is -2.65. The largest absolute Gasteiger partial charge is 0.420 e. The van der Waals surface area contributed by atoms with Gasteiger partial charge in [-0.05, 0) is 42.5 Å². The molecule has 1 fully saturated rings. The van der Waals surface area contributed by atoms with Gasteiger partial charge in [0.1, 0.15) is 11.0 Å². The van der Waals surface area contributed by atoms with Crippen LogP contribution in [0.4, 0.5) is 0 Å². The fourth-order valence-corrected chi connectivity index (χ4v) is 4.51. The van der Waals surface area contributed by atoms with Crippen molar-refractivity contribution in [1.29, 1.82) is 0 Å². The first-order chi connectivity index (χ1) is 13.3. The molecule has 0 saturated carbocycles. The maximum absolute atomic E-state index is 13.0. The van der Waals surface area contributed by atoms with Gasteiger partial charge in [0.2, 0.25) is 11.8 Å². The van der Waals surface area contributed by atoms with Gasteiger partial charge in [-0.15, -0.1) is 10.2 Å². The smallest absolute Gasteiger partial charge is 0.253 e. The molecular weight excluding hydrogens is 382 g/mol. The second-order valence-electron chi connectivity index (χ2n) is 6.52. The molecule has 0 spiro atoms. The van der Waals surface area contributed by atoms with Crippen LogP contribution >= 0.6 is 23.1 Å². The highest BCUT2D eigenvalue weighted by Gasteiger charge is 2.29. The van der Waals surface area contributed by atoms with Crippen LogP contribution in [0.25, 0.3) is 22.5 Å². The van der Waals surface area contributed by atoms with Crippen molar-refractivity contribution >= 4 is 40.0 Å². The standard InChI is InChI=1S/C18H15N5O2S2/c24-18(11-3-4-14-15(8-11)22-27-21-14)23-6-1-2-12(9-23)16-19-20-17(25-16)13-5-7-26-10-13/h3-5,7-8,10,12H,1-2,6,9H2/t12-/m1/s1. The van der Waals surface area contributed by atoms with E-state index < -0.39 is 0 Å². The molecule has 0 bridgehead atoms. The van der Waals surface area contributed by atoms with Crippen LogP contribution in [0, 0.1) is 0 Å². The number of likely N-dealkylation sites (tertiary alicyclic amines) is 1. The van der Waals surface area contributed by atoms with E-state index in [1.807, 2.05) is 39.9 Å². The number of hydrogen-bond acceptors (Lipinski definition) is 8. The number of aromatic nitrogens is 4. The van der Waals surface area contributed by atoms with Gasteiger partial charge in [0.15, 0.2) is 0 Å². The second-order valence-corrected chi connectivity index (χ2v) is 7.82. The summed E-state index contributed by atoms with van der Waals surface area (Å²) in [6.45, 7) is 1.31. The Bertz CT molecular complexity index is 1090. The van der Waals surface area contributed by atoms with Gasteiger partial charge < -0.3 is 9.32 Å². The van der Waals surface area contributed by atoms with Crippen LogP contribution in [-0.4, -0.2) is 42.8 Å². The molecule has 1 atom stereocenters. The van der Waals surface area contributed by atoms with E-state index in [1.54, 1.807) is 11.3 Å². The summed E-state index contributed by atoms with van der Waals surface area (Å²) < 4.78 is 14.3. The number of hydrogen-bond donors (Lipinski definition) is 0. The van der Waals surface area contributed by atoms with E-state index >= 15 is 0 Å². The van der Waals surface area contributed by atoms with Crippen LogP contribution in [0.1, 0.15) is 35.0 Å². The lowest BCUT2D eigenvalue weighted by Gasteiger charge is -2.31. The third kappa shape index (κ3) is 3.13. The normalized spacial score (nSPS) is 17.5. The summed E-state index contributed by atoms with van der Waals surface area (Å²) in [6.07, 6.45) is 1.84. The van der Waals surface area contributed by atoms with Crippen molar-refractivity contribution in [3.63, 3.8) is 0 Å². The molecule has 1 aliphatic rings. The van der Waals surface area contributed by atoms with E-state index in [4.69, 9.17) is 4.42 Å². The number of rotatable bonds is 3. The van der Waals surface area contributed by atoms with Crippen molar-refractivity contribution in [3.8, 4) is 11.5 Å². The van der Waals surface area contributed by atoms with E-state index in [2.05, 4.69) is 18.9 Å². The van der Waals surface area contributed by atoms with Crippen LogP contribution < -0.4 is 0 Å². The molecule has 5 rings (SSSR count). The van der Waals surface area contributed by atoms with Gasteiger partial charge >= 0.3 is 0 Å². The molecule has 3 aromatic heterocycles. The summed E-state index contributed by atoms with van der Waals surface area (Å²) in [5.74, 6) is 1.21. The fourth-order valence-electron chi connectivity index (χ4n) is 3.36. The van der Waals surface area contributed by atoms with Crippen LogP contribution in [0.3, 0.4) is 0 Å². The highest BCUT2D eigenvalue weighted by Crippen LogP contribution is 2.30. The van der Waals surface area contributed by atoms with E-state index in [0.717, 1.165) is 47.7 Å². The maximum Gasteiger partial charge on any atom is 0.253 e. The number of carbonyl (C=O) groups excluding carboxylic acids is 1. The summed E-state index contributed by atoms with van der Waals surface area (Å²) in [5, 5.41) is 12.4.